The zero-order chi connectivity index (χ0) is 15.2. The molecule has 0 N–H and O–H groups in total. The summed E-state index contributed by atoms with van der Waals surface area (Å²) >= 11 is 0. The van der Waals surface area contributed by atoms with Gasteiger partial charge in [0.15, 0.2) is 4.92 Å². The van der Waals surface area contributed by atoms with Crippen LogP contribution in [0.1, 0.15) is 37.2 Å². The Kier molecular flexibility index (Phi) is 4.79. The summed E-state index contributed by atoms with van der Waals surface area (Å²) in [6.07, 6.45) is 2.97. The number of carbonyl (C=O) groups excluding carboxylic acids is 1. The topological polar surface area (TPSA) is 106 Å². The highest BCUT2D eigenvalue weighted by molar-refractivity contribution is 6.28. The van der Waals surface area contributed by atoms with Crippen LogP contribution in [0.3, 0.4) is 0 Å². The van der Waals surface area contributed by atoms with Gasteiger partial charge in [-0.3, -0.25) is 10.1 Å². The predicted octanol–water partition coefficient (Wildman–Crippen LogP) is 2.16. The molecule has 1 fully saturated rings. The molecule has 0 amide bonds. The summed E-state index contributed by atoms with van der Waals surface area (Å²) in [6.45, 7) is 0. The number of nitrogens with zero attached hydrogens (tertiary/aromatic N) is 3. The van der Waals surface area contributed by atoms with Gasteiger partial charge in [0.1, 0.15) is 6.10 Å². The summed E-state index contributed by atoms with van der Waals surface area (Å²) in [4.78, 5) is 23.6. The molecule has 0 radical (unpaired) electrons. The highest BCUT2D eigenvalue weighted by Crippen LogP contribution is 2.34. The second-order valence-corrected chi connectivity index (χ2v) is 4.93. The second kappa shape index (κ2) is 6.76. The molecule has 1 aromatic rings. The number of carbonyl (C=O) groups is 1. The smallest absolute Gasteiger partial charge is 0.448 e. The van der Waals surface area contributed by atoms with Crippen molar-refractivity contribution in [3.05, 3.63) is 51.5 Å². The van der Waals surface area contributed by atoms with Crippen molar-refractivity contribution in [2.24, 2.45) is 0 Å². The standard InChI is InChI=1S/C14H15N3O4/c15-16-13(17(19)20)14(18)21-12-9-5-4-8-11(12)10-6-2-1-3-7-10/h1-3,6-7,11-12H,4-5,8-9H2/t11-,12+/m0/s1. The zero-order valence-electron chi connectivity index (χ0n) is 11.3. The van der Waals surface area contributed by atoms with Crippen LogP contribution in [0.2, 0.25) is 0 Å². The third-order valence-electron chi connectivity index (χ3n) is 3.64. The number of nitro groups is 1. The summed E-state index contributed by atoms with van der Waals surface area (Å²) in [7, 11) is 0. The number of rotatable bonds is 2. The van der Waals surface area contributed by atoms with Crippen LogP contribution in [0, 0.1) is 10.1 Å². The molecule has 0 aliphatic heterocycles. The molecule has 110 valence electrons. The van der Waals surface area contributed by atoms with Gasteiger partial charge in [-0.05, 0) is 24.8 Å². The van der Waals surface area contributed by atoms with Crippen LogP contribution in [0.25, 0.3) is 5.53 Å². The molecule has 1 aromatic carbocycles. The second-order valence-electron chi connectivity index (χ2n) is 4.93. The minimum atomic E-state index is -1.20. The van der Waals surface area contributed by atoms with Gasteiger partial charge in [-0.15, -0.1) is 0 Å². The molecule has 1 saturated carbocycles. The third kappa shape index (κ3) is 3.52. The van der Waals surface area contributed by atoms with E-state index in [1.54, 1.807) is 0 Å². The van der Waals surface area contributed by atoms with Crippen molar-refractivity contribution < 1.29 is 19.2 Å². The molecular formula is C14H15N3O4. The molecule has 7 heteroatoms. The maximum absolute atomic E-state index is 11.7. The number of amidine groups is 1. The van der Waals surface area contributed by atoms with E-state index in [-0.39, 0.29) is 5.92 Å². The van der Waals surface area contributed by atoms with Gasteiger partial charge < -0.3 is 10.3 Å². The van der Waals surface area contributed by atoms with Crippen molar-refractivity contribution in [3.63, 3.8) is 0 Å². The fourth-order valence-electron chi connectivity index (χ4n) is 2.66. The number of benzene rings is 1. The molecule has 0 spiro atoms. The van der Waals surface area contributed by atoms with E-state index in [0.717, 1.165) is 24.8 Å². The Hall–Kier alpha value is -2.53. The van der Waals surface area contributed by atoms with Crippen molar-refractivity contribution in [1.82, 2.24) is 0 Å². The molecule has 21 heavy (non-hydrogen) atoms. The van der Waals surface area contributed by atoms with E-state index >= 15 is 0 Å². The van der Waals surface area contributed by atoms with Gasteiger partial charge in [0.2, 0.25) is 0 Å². The summed E-state index contributed by atoms with van der Waals surface area (Å²) in [6, 6.07) is 9.61. The monoisotopic (exact) mass is 289 g/mol. The number of esters is 1. The van der Waals surface area contributed by atoms with Crippen molar-refractivity contribution in [1.29, 1.82) is 0 Å². The molecule has 0 bridgehead atoms. The summed E-state index contributed by atoms with van der Waals surface area (Å²) in [5, 5.41) is 10.6. The minimum Gasteiger partial charge on any atom is -0.448 e. The average Bonchev–Trinajstić information content (AvgIpc) is 2.49. The summed E-state index contributed by atoms with van der Waals surface area (Å²) < 4.78 is 5.20. The third-order valence-corrected chi connectivity index (χ3v) is 3.64. The van der Waals surface area contributed by atoms with Gasteiger partial charge in [-0.25, -0.2) is 4.79 Å². The van der Waals surface area contributed by atoms with Crippen LogP contribution >= 0.6 is 0 Å². The van der Waals surface area contributed by atoms with Crippen LogP contribution in [0.5, 0.6) is 0 Å². The van der Waals surface area contributed by atoms with Crippen molar-refractivity contribution in [3.8, 4) is 0 Å². The molecule has 1 aliphatic rings. The Bertz CT molecular complexity index is 581. The first-order chi connectivity index (χ1) is 10.1. The van der Waals surface area contributed by atoms with Gasteiger partial charge >= 0.3 is 11.8 Å². The largest absolute Gasteiger partial charge is 0.690 e. The van der Waals surface area contributed by atoms with E-state index in [1.807, 2.05) is 30.3 Å². The molecule has 2 atom stereocenters. The molecule has 0 unspecified atom stereocenters. The van der Waals surface area contributed by atoms with Crippen LogP contribution in [-0.4, -0.2) is 27.6 Å². The summed E-state index contributed by atoms with van der Waals surface area (Å²) in [5.41, 5.74) is 9.57. The molecule has 0 aromatic heterocycles. The first-order valence-electron chi connectivity index (χ1n) is 6.76. The quantitative estimate of drug-likeness (QED) is 0.158. The van der Waals surface area contributed by atoms with E-state index < -0.39 is 22.8 Å². The van der Waals surface area contributed by atoms with E-state index in [4.69, 9.17) is 10.3 Å². The lowest BCUT2D eigenvalue weighted by Crippen LogP contribution is -2.34. The van der Waals surface area contributed by atoms with Crippen molar-refractivity contribution in [2.75, 3.05) is 0 Å². The SMILES string of the molecule is [N-]=[N+]=C(C(=O)O[C@@H]1CCCC[C@H]1c1ccccc1)[N+](=O)[O-]. The molecular weight excluding hydrogens is 274 g/mol. The molecule has 0 heterocycles. The highest BCUT2D eigenvalue weighted by atomic mass is 16.6. The van der Waals surface area contributed by atoms with Crippen LogP contribution < -0.4 is 0 Å². The van der Waals surface area contributed by atoms with E-state index in [0.29, 0.717) is 6.42 Å². The van der Waals surface area contributed by atoms with Gasteiger partial charge in [0.05, 0.1) is 0 Å². The maximum atomic E-state index is 11.7. The van der Waals surface area contributed by atoms with E-state index in [9.17, 15) is 14.9 Å². The Morgan fingerprint density at radius 1 is 1.29 bits per heavy atom. The van der Waals surface area contributed by atoms with Crippen molar-refractivity contribution >= 4 is 11.8 Å². The Balaban J connectivity index is 2.15. The molecule has 0 saturated heterocycles. The lowest BCUT2D eigenvalue weighted by Gasteiger charge is -2.30. The molecule has 1 aliphatic carbocycles. The minimum absolute atomic E-state index is 0.00981. The van der Waals surface area contributed by atoms with Crippen LogP contribution in [-0.2, 0) is 9.53 Å². The first-order valence-corrected chi connectivity index (χ1v) is 6.76. The lowest BCUT2D eigenvalue weighted by atomic mass is 9.81. The molecule has 7 nitrogen and oxygen atoms in total. The lowest BCUT2D eigenvalue weighted by molar-refractivity contribution is -0.384. The van der Waals surface area contributed by atoms with Gasteiger partial charge in [-0.2, -0.15) is 0 Å². The van der Waals surface area contributed by atoms with E-state index in [2.05, 4.69) is 4.79 Å². The van der Waals surface area contributed by atoms with Gasteiger partial charge in [-0.1, -0.05) is 41.5 Å². The Morgan fingerprint density at radius 2 is 1.95 bits per heavy atom. The summed E-state index contributed by atoms with van der Waals surface area (Å²) in [5.74, 6) is -2.38. The number of ether oxygens (including phenoxy) is 1. The zero-order valence-corrected chi connectivity index (χ0v) is 11.3. The molecule has 2 rings (SSSR count). The van der Waals surface area contributed by atoms with Crippen molar-refractivity contribution in [2.45, 2.75) is 37.7 Å². The van der Waals surface area contributed by atoms with E-state index in [1.165, 1.54) is 0 Å². The predicted molar refractivity (Wildman–Crippen MR) is 73.2 cm³/mol. The highest BCUT2D eigenvalue weighted by Gasteiger charge is 2.40. The Labute approximate surface area is 121 Å². The fourth-order valence-corrected chi connectivity index (χ4v) is 2.66. The Morgan fingerprint density at radius 3 is 2.57 bits per heavy atom. The van der Waals surface area contributed by atoms with Crippen LogP contribution in [0.15, 0.2) is 30.3 Å². The maximum Gasteiger partial charge on any atom is 0.690 e. The van der Waals surface area contributed by atoms with Crippen LogP contribution in [0.4, 0.5) is 0 Å². The normalized spacial score (nSPS) is 21.1. The average molecular weight is 289 g/mol. The fraction of sp³-hybridized carbons (Fsp3) is 0.429. The number of hydrogen-bond acceptors (Lipinski definition) is 4. The van der Waals surface area contributed by atoms with Gasteiger partial charge in [0, 0.05) is 5.92 Å². The first kappa shape index (κ1) is 14.9. The van der Waals surface area contributed by atoms with Gasteiger partial charge in [0.25, 0.3) is 0 Å². The number of hydrogen-bond donors (Lipinski definition) is 0.